The van der Waals surface area contributed by atoms with Crippen LogP contribution >= 0.6 is 0 Å². The van der Waals surface area contributed by atoms with Gasteiger partial charge in [0, 0.05) is 24.7 Å². The Morgan fingerprint density at radius 1 is 1.36 bits per heavy atom. The first-order valence-corrected chi connectivity index (χ1v) is 7.49. The van der Waals surface area contributed by atoms with Gasteiger partial charge in [-0.05, 0) is 18.6 Å². The standard InChI is InChI=1S/C16H20N4O2/c1-16(2,3)15(21)20-9-7-11(10-20)14-18-13(19-22-14)12-6-4-5-8-17-12/h4-6,8,11H,7,9-10H2,1-3H3/t11-/m1/s1. The molecule has 0 aromatic carbocycles. The van der Waals surface area contributed by atoms with Crippen LogP contribution in [0.3, 0.4) is 0 Å². The van der Waals surface area contributed by atoms with Gasteiger partial charge in [0.15, 0.2) is 0 Å². The topological polar surface area (TPSA) is 72.1 Å². The van der Waals surface area contributed by atoms with E-state index in [4.69, 9.17) is 4.52 Å². The Bertz CT molecular complexity index is 660. The van der Waals surface area contributed by atoms with Crippen LogP contribution < -0.4 is 0 Å². The van der Waals surface area contributed by atoms with Crippen LogP contribution in [0.5, 0.6) is 0 Å². The third-order valence-electron chi connectivity index (χ3n) is 3.80. The molecule has 0 bridgehead atoms. The largest absolute Gasteiger partial charge is 0.341 e. The van der Waals surface area contributed by atoms with E-state index in [2.05, 4.69) is 15.1 Å². The molecule has 1 fully saturated rings. The van der Waals surface area contributed by atoms with Crippen LogP contribution in [0.25, 0.3) is 11.5 Å². The molecule has 22 heavy (non-hydrogen) atoms. The maximum absolute atomic E-state index is 12.3. The molecule has 3 heterocycles. The van der Waals surface area contributed by atoms with Gasteiger partial charge in [-0.15, -0.1) is 0 Å². The third kappa shape index (κ3) is 2.86. The second kappa shape index (κ2) is 5.51. The van der Waals surface area contributed by atoms with E-state index in [1.54, 1.807) is 6.20 Å². The van der Waals surface area contributed by atoms with Gasteiger partial charge >= 0.3 is 0 Å². The van der Waals surface area contributed by atoms with Gasteiger partial charge in [-0.1, -0.05) is 32.0 Å². The number of carbonyl (C=O) groups excluding carboxylic acids is 1. The van der Waals surface area contributed by atoms with Crippen molar-refractivity contribution in [2.75, 3.05) is 13.1 Å². The molecule has 6 nitrogen and oxygen atoms in total. The molecule has 2 aromatic rings. The first-order valence-electron chi connectivity index (χ1n) is 7.49. The number of carbonyl (C=O) groups is 1. The Morgan fingerprint density at radius 2 is 2.18 bits per heavy atom. The van der Waals surface area contributed by atoms with Gasteiger partial charge in [-0.3, -0.25) is 9.78 Å². The molecule has 1 saturated heterocycles. The number of likely N-dealkylation sites (tertiary alicyclic amines) is 1. The molecular weight excluding hydrogens is 280 g/mol. The van der Waals surface area contributed by atoms with Gasteiger partial charge in [-0.2, -0.15) is 4.98 Å². The minimum absolute atomic E-state index is 0.108. The van der Waals surface area contributed by atoms with E-state index >= 15 is 0 Å². The first-order chi connectivity index (χ1) is 10.4. The summed E-state index contributed by atoms with van der Waals surface area (Å²) < 4.78 is 5.38. The van der Waals surface area contributed by atoms with Crippen LogP contribution in [0, 0.1) is 5.41 Å². The molecule has 116 valence electrons. The van der Waals surface area contributed by atoms with Crippen molar-refractivity contribution in [1.29, 1.82) is 0 Å². The van der Waals surface area contributed by atoms with Crippen molar-refractivity contribution in [2.24, 2.45) is 5.41 Å². The highest BCUT2D eigenvalue weighted by Crippen LogP contribution is 2.30. The molecule has 1 aliphatic rings. The molecule has 0 spiro atoms. The lowest BCUT2D eigenvalue weighted by Crippen LogP contribution is -2.37. The fraction of sp³-hybridized carbons (Fsp3) is 0.500. The number of hydrogen-bond acceptors (Lipinski definition) is 5. The zero-order valence-electron chi connectivity index (χ0n) is 13.1. The number of nitrogens with zero attached hydrogens (tertiary/aromatic N) is 4. The van der Waals surface area contributed by atoms with Crippen LogP contribution in [0.1, 0.15) is 39.0 Å². The molecule has 0 unspecified atom stereocenters. The third-order valence-corrected chi connectivity index (χ3v) is 3.80. The Labute approximate surface area is 129 Å². The summed E-state index contributed by atoms with van der Waals surface area (Å²) in [6, 6.07) is 5.58. The zero-order chi connectivity index (χ0) is 15.7. The summed E-state index contributed by atoms with van der Waals surface area (Å²) in [4.78, 5) is 22.9. The summed E-state index contributed by atoms with van der Waals surface area (Å²) in [5.41, 5.74) is 0.334. The molecule has 1 aliphatic heterocycles. The number of amides is 1. The van der Waals surface area contributed by atoms with E-state index < -0.39 is 0 Å². The van der Waals surface area contributed by atoms with E-state index in [1.807, 2.05) is 43.9 Å². The molecule has 2 aromatic heterocycles. The van der Waals surface area contributed by atoms with Crippen molar-refractivity contribution < 1.29 is 9.32 Å². The highest BCUT2D eigenvalue weighted by Gasteiger charge is 2.35. The van der Waals surface area contributed by atoms with E-state index in [1.165, 1.54) is 0 Å². The lowest BCUT2D eigenvalue weighted by atomic mass is 9.95. The molecule has 0 aliphatic carbocycles. The minimum Gasteiger partial charge on any atom is -0.341 e. The molecule has 0 radical (unpaired) electrons. The summed E-state index contributed by atoms with van der Waals surface area (Å²) in [6.45, 7) is 7.19. The van der Waals surface area contributed by atoms with Crippen LogP contribution in [-0.2, 0) is 4.79 Å². The molecule has 0 N–H and O–H groups in total. The Hall–Kier alpha value is -2.24. The van der Waals surface area contributed by atoms with E-state index in [9.17, 15) is 4.79 Å². The van der Waals surface area contributed by atoms with Crippen molar-refractivity contribution in [2.45, 2.75) is 33.1 Å². The lowest BCUT2D eigenvalue weighted by Gasteiger charge is -2.25. The smallest absolute Gasteiger partial charge is 0.231 e. The van der Waals surface area contributed by atoms with Gasteiger partial charge in [0.2, 0.25) is 17.6 Å². The summed E-state index contributed by atoms with van der Waals surface area (Å²) in [6.07, 6.45) is 2.55. The maximum atomic E-state index is 12.3. The minimum atomic E-state index is -0.358. The summed E-state index contributed by atoms with van der Waals surface area (Å²) in [5.74, 6) is 1.36. The van der Waals surface area contributed by atoms with Crippen molar-refractivity contribution >= 4 is 5.91 Å². The van der Waals surface area contributed by atoms with Crippen molar-refractivity contribution in [3.05, 3.63) is 30.3 Å². The van der Waals surface area contributed by atoms with Crippen molar-refractivity contribution in [3.8, 4) is 11.5 Å². The molecule has 1 atom stereocenters. The van der Waals surface area contributed by atoms with Gasteiger partial charge in [0.05, 0.1) is 5.92 Å². The second-order valence-corrected chi connectivity index (χ2v) is 6.66. The fourth-order valence-corrected chi connectivity index (χ4v) is 2.62. The first kappa shape index (κ1) is 14.7. The average molecular weight is 300 g/mol. The quantitative estimate of drug-likeness (QED) is 0.852. The Kier molecular flexibility index (Phi) is 3.68. The van der Waals surface area contributed by atoms with Crippen LogP contribution in [0.15, 0.2) is 28.9 Å². The van der Waals surface area contributed by atoms with Crippen LogP contribution in [0.2, 0.25) is 0 Å². The molecule has 1 amide bonds. The van der Waals surface area contributed by atoms with Gasteiger partial charge in [-0.25, -0.2) is 0 Å². The normalized spacial score (nSPS) is 18.7. The van der Waals surface area contributed by atoms with Gasteiger partial charge in [0.1, 0.15) is 5.69 Å². The Morgan fingerprint density at radius 3 is 2.86 bits per heavy atom. The molecule has 3 rings (SSSR count). The molecule has 6 heteroatoms. The fourth-order valence-electron chi connectivity index (χ4n) is 2.62. The maximum Gasteiger partial charge on any atom is 0.231 e. The predicted octanol–water partition coefficient (Wildman–Crippen LogP) is 2.49. The highest BCUT2D eigenvalue weighted by atomic mass is 16.5. The second-order valence-electron chi connectivity index (χ2n) is 6.66. The number of aromatic nitrogens is 3. The van der Waals surface area contributed by atoms with Crippen LogP contribution in [0.4, 0.5) is 0 Å². The van der Waals surface area contributed by atoms with Gasteiger partial charge in [0.25, 0.3) is 0 Å². The zero-order valence-corrected chi connectivity index (χ0v) is 13.1. The number of pyridine rings is 1. The predicted molar refractivity (Wildman–Crippen MR) is 80.9 cm³/mol. The average Bonchev–Trinajstić information content (AvgIpc) is 3.15. The van der Waals surface area contributed by atoms with E-state index in [0.29, 0.717) is 24.0 Å². The highest BCUT2D eigenvalue weighted by molar-refractivity contribution is 5.81. The summed E-state index contributed by atoms with van der Waals surface area (Å²) >= 11 is 0. The van der Waals surface area contributed by atoms with E-state index in [-0.39, 0.29) is 17.2 Å². The van der Waals surface area contributed by atoms with Crippen LogP contribution in [-0.4, -0.2) is 39.0 Å². The Balaban J connectivity index is 1.72. The lowest BCUT2D eigenvalue weighted by molar-refractivity contribution is -0.138. The summed E-state index contributed by atoms with van der Waals surface area (Å²) in [7, 11) is 0. The number of hydrogen-bond donors (Lipinski definition) is 0. The van der Waals surface area contributed by atoms with E-state index in [0.717, 1.165) is 13.0 Å². The number of rotatable bonds is 2. The summed E-state index contributed by atoms with van der Waals surface area (Å²) in [5, 5.41) is 4.00. The van der Waals surface area contributed by atoms with Crippen molar-refractivity contribution in [3.63, 3.8) is 0 Å². The SMILES string of the molecule is CC(C)(C)C(=O)N1CC[C@@H](c2nc(-c3ccccn3)no2)C1. The van der Waals surface area contributed by atoms with Gasteiger partial charge < -0.3 is 9.42 Å². The monoisotopic (exact) mass is 300 g/mol. The molecule has 0 saturated carbocycles. The van der Waals surface area contributed by atoms with Crippen molar-refractivity contribution in [1.82, 2.24) is 20.0 Å². The molecular formula is C16H20N4O2.